The fourth-order valence-corrected chi connectivity index (χ4v) is 2.98. The van der Waals surface area contributed by atoms with Crippen molar-refractivity contribution < 1.29 is 4.79 Å². The fraction of sp³-hybridized carbons (Fsp3) is 0.933. The zero-order valence-electron chi connectivity index (χ0n) is 12.3. The van der Waals surface area contributed by atoms with Crippen molar-refractivity contribution in [3.05, 3.63) is 0 Å². The molecule has 1 rings (SSSR count). The maximum absolute atomic E-state index is 12.2. The Kier molecular flexibility index (Phi) is 6.69. The molecule has 2 atom stereocenters. The number of rotatable bonds is 6. The number of hydrogen-bond acceptors (Lipinski definition) is 2. The highest BCUT2D eigenvalue weighted by Gasteiger charge is 2.22. The summed E-state index contributed by atoms with van der Waals surface area (Å²) in [5.74, 6) is 0.999. The lowest BCUT2D eigenvalue weighted by Crippen LogP contribution is -2.38. The first kappa shape index (κ1) is 15.5. The Hall–Kier alpha value is -0.570. The predicted octanol–water partition coefficient (Wildman–Crippen LogP) is 2.93. The molecule has 18 heavy (non-hydrogen) atoms. The van der Waals surface area contributed by atoms with E-state index in [0.29, 0.717) is 30.3 Å². The molecule has 3 heteroatoms. The Morgan fingerprint density at radius 3 is 2.67 bits per heavy atom. The molecular formula is C15H30N2O. The predicted molar refractivity (Wildman–Crippen MR) is 76.3 cm³/mol. The first-order chi connectivity index (χ1) is 8.54. The summed E-state index contributed by atoms with van der Waals surface area (Å²) in [6, 6.07) is 0.696. The van der Waals surface area contributed by atoms with E-state index in [9.17, 15) is 4.79 Å². The van der Waals surface area contributed by atoms with Crippen LogP contribution in [0, 0.1) is 5.92 Å². The number of nitrogens with two attached hydrogens (primary N) is 1. The number of nitrogens with zero attached hydrogens (tertiary/aromatic N) is 1. The second-order valence-corrected chi connectivity index (χ2v) is 6.01. The minimum Gasteiger partial charge on any atom is -0.340 e. The lowest BCUT2D eigenvalue weighted by molar-refractivity contribution is -0.133. The van der Waals surface area contributed by atoms with Gasteiger partial charge in [-0.2, -0.15) is 0 Å². The molecule has 0 aromatic carbocycles. The molecule has 0 spiro atoms. The molecule has 1 aliphatic rings. The van der Waals surface area contributed by atoms with Crippen LogP contribution in [0.15, 0.2) is 0 Å². The van der Waals surface area contributed by atoms with E-state index < -0.39 is 0 Å². The molecule has 3 nitrogen and oxygen atoms in total. The van der Waals surface area contributed by atoms with E-state index in [1.807, 2.05) is 4.90 Å². The number of amides is 1. The lowest BCUT2D eigenvalue weighted by atomic mass is 9.83. The molecule has 2 unspecified atom stereocenters. The van der Waals surface area contributed by atoms with Gasteiger partial charge in [0.05, 0.1) is 0 Å². The highest BCUT2D eigenvalue weighted by molar-refractivity contribution is 5.76. The van der Waals surface area contributed by atoms with E-state index in [0.717, 1.165) is 25.8 Å². The summed E-state index contributed by atoms with van der Waals surface area (Å²) in [6.45, 7) is 7.22. The minimum atomic E-state index is 0.325. The van der Waals surface area contributed by atoms with Crippen LogP contribution in [0.25, 0.3) is 0 Å². The topological polar surface area (TPSA) is 46.3 Å². The van der Waals surface area contributed by atoms with Crippen molar-refractivity contribution in [1.82, 2.24) is 4.90 Å². The molecule has 2 N–H and O–H groups in total. The largest absolute Gasteiger partial charge is 0.340 e. The van der Waals surface area contributed by atoms with Crippen LogP contribution in [0.4, 0.5) is 0 Å². The van der Waals surface area contributed by atoms with Gasteiger partial charge < -0.3 is 10.6 Å². The normalized spacial score (nSPS) is 24.3. The minimum absolute atomic E-state index is 0.325. The summed E-state index contributed by atoms with van der Waals surface area (Å²) < 4.78 is 0. The number of hydrogen-bond donors (Lipinski definition) is 1. The molecule has 0 aliphatic heterocycles. The Bertz CT molecular complexity index is 253. The van der Waals surface area contributed by atoms with Gasteiger partial charge in [-0.3, -0.25) is 4.79 Å². The van der Waals surface area contributed by atoms with E-state index >= 15 is 0 Å². The summed E-state index contributed by atoms with van der Waals surface area (Å²) in [5.41, 5.74) is 5.99. The van der Waals surface area contributed by atoms with Crippen LogP contribution in [-0.4, -0.2) is 29.4 Å². The molecule has 0 saturated heterocycles. The van der Waals surface area contributed by atoms with Gasteiger partial charge in [0.2, 0.25) is 5.91 Å². The van der Waals surface area contributed by atoms with Crippen LogP contribution in [0.3, 0.4) is 0 Å². The molecule has 1 saturated carbocycles. The van der Waals surface area contributed by atoms with Crippen LogP contribution >= 0.6 is 0 Å². The van der Waals surface area contributed by atoms with Crippen LogP contribution in [-0.2, 0) is 4.79 Å². The maximum atomic E-state index is 12.2. The van der Waals surface area contributed by atoms with E-state index in [4.69, 9.17) is 5.73 Å². The second kappa shape index (κ2) is 7.78. The average Bonchev–Trinajstić information content (AvgIpc) is 2.32. The van der Waals surface area contributed by atoms with Crippen molar-refractivity contribution in [1.29, 1.82) is 0 Å². The van der Waals surface area contributed by atoms with Crippen LogP contribution < -0.4 is 5.73 Å². The van der Waals surface area contributed by atoms with Gasteiger partial charge in [0.25, 0.3) is 0 Å². The first-order valence-corrected chi connectivity index (χ1v) is 7.59. The van der Waals surface area contributed by atoms with Gasteiger partial charge >= 0.3 is 0 Å². The van der Waals surface area contributed by atoms with Crippen molar-refractivity contribution in [2.75, 3.05) is 6.54 Å². The summed E-state index contributed by atoms with van der Waals surface area (Å²) in [4.78, 5) is 14.2. The van der Waals surface area contributed by atoms with Gasteiger partial charge in [0.1, 0.15) is 0 Å². The van der Waals surface area contributed by atoms with E-state index in [1.165, 1.54) is 19.3 Å². The standard InChI is InChI=1S/C15H30N2O/c1-4-10-17(12(2)3)15(18)9-8-13-6-5-7-14(16)11-13/h12-14H,4-11,16H2,1-3H3. The van der Waals surface area contributed by atoms with Gasteiger partial charge in [-0.15, -0.1) is 0 Å². The van der Waals surface area contributed by atoms with Crippen LogP contribution in [0.1, 0.15) is 65.7 Å². The zero-order valence-corrected chi connectivity index (χ0v) is 12.3. The molecule has 0 aromatic rings. The van der Waals surface area contributed by atoms with Crippen molar-refractivity contribution in [3.63, 3.8) is 0 Å². The van der Waals surface area contributed by atoms with Gasteiger partial charge in [-0.05, 0) is 45.4 Å². The van der Waals surface area contributed by atoms with Crippen molar-refractivity contribution in [3.8, 4) is 0 Å². The van der Waals surface area contributed by atoms with E-state index in [1.54, 1.807) is 0 Å². The second-order valence-electron chi connectivity index (χ2n) is 6.01. The highest BCUT2D eigenvalue weighted by Crippen LogP contribution is 2.27. The van der Waals surface area contributed by atoms with Gasteiger partial charge in [-0.25, -0.2) is 0 Å². The third-order valence-electron chi connectivity index (χ3n) is 4.00. The molecule has 0 aromatic heterocycles. The van der Waals surface area contributed by atoms with Crippen LogP contribution in [0.2, 0.25) is 0 Å². The summed E-state index contributed by atoms with van der Waals surface area (Å²) in [7, 11) is 0. The van der Waals surface area contributed by atoms with Crippen molar-refractivity contribution >= 4 is 5.91 Å². The molecule has 0 radical (unpaired) electrons. The first-order valence-electron chi connectivity index (χ1n) is 7.59. The molecule has 1 aliphatic carbocycles. The molecule has 0 heterocycles. The van der Waals surface area contributed by atoms with E-state index in [2.05, 4.69) is 20.8 Å². The van der Waals surface area contributed by atoms with Crippen molar-refractivity contribution in [2.45, 2.75) is 77.8 Å². The smallest absolute Gasteiger partial charge is 0.222 e. The zero-order chi connectivity index (χ0) is 13.5. The monoisotopic (exact) mass is 254 g/mol. The molecule has 106 valence electrons. The fourth-order valence-electron chi connectivity index (χ4n) is 2.98. The molecule has 1 fully saturated rings. The quantitative estimate of drug-likeness (QED) is 0.792. The number of carbonyl (C=O) groups is 1. The Labute approximate surface area is 112 Å². The highest BCUT2D eigenvalue weighted by atomic mass is 16.2. The van der Waals surface area contributed by atoms with Gasteiger partial charge in [-0.1, -0.05) is 19.8 Å². The Balaban J connectivity index is 2.34. The van der Waals surface area contributed by atoms with Gasteiger partial charge in [0, 0.05) is 25.0 Å². The van der Waals surface area contributed by atoms with Crippen molar-refractivity contribution in [2.24, 2.45) is 11.7 Å². The third-order valence-corrected chi connectivity index (χ3v) is 4.00. The summed E-state index contributed by atoms with van der Waals surface area (Å²) in [6.07, 6.45) is 7.55. The Morgan fingerprint density at radius 2 is 2.11 bits per heavy atom. The Morgan fingerprint density at radius 1 is 1.39 bits per heavy atom. The van der Waals surface area contributed by atoms with E-state index in [-0.39, 0.29) is 0 Å². The lowest BCUT2D eigenvalue weighted by Gasteiger charge is -2.29. The third kappa shape index (κ3) is 4.97. The summed E-state index contributed by atoms with van der Waals surface area (Å²) >= 11 is 0. The maximum Gasteiger partial charge on any atom is 0.222 e. The number of carbonyl (C=O) groups excluding carboxylic acids is 1. The molecule has 1 amide bonds. The van der Waals surface area contributed by atoms with Gasteiger partial charge in [0.15, 0.2) is 0 Å². The average molecular weight is 254 g/mol. The molecular weight excluding hydrogens is 224 g/mol. The summed E-state index contributed by atoms with van der Waals surface area (Å²) in [5, 5.41) is 0. The molecule has 0 bridgehead atoms. The SMILES string of the molecule is CCCN(C(=O)CCC1CCCC(N)C1)C(C)C. The van der Waals surface area contributed by atoms with Crippen LogP contribution in [0.5, 0.6) is 0 Å².